The van der Waals surface area contributed by atoms with Gasteiger partial charge in [0.05, 0.1) is 11.8 Å². The van der Waals surface area contributed by atoms with Crippen molar-refractivity contribution in [3.05, 3.63) is 65.2 Å². The highest BCUT2D eigenvalue weighted by Gasteiger charge is 2.18. The largest absolute Gasteiger partial charge is 0.345 e. The second-order valence-electron chi connectivity index (χ2n) is 7.01. The molecule has 0 saturated heterocycles. The molecule has 0 aliphatic rings. The Morgan fingerprint density at radius 3 is 2.53 bits per heavy atom. The first-order valence-corrected chi connectivity index (χ1v) is 11.4. The summed E-state index contributed by atoms with van der Waals surface area (Å²) in [4.78, 5) is 24.3. The Morgan fingerprint density at radius 1 is 1.07 bits per heavy atom. The number of aromatic nitrogens is 2. The summed E-state index contributed by atoms with van der Waals surface area (Å²) in [5.74, 6) is -0.0837. The van der Waals surface area contributed by atoms with Crippen LogP contribution in [0.2, 0.25) is 0 Å². The SMILES string of the molecule is CC(=O)[C@@H](Cc1ccccc1)NC(=O)CSc1nnc(Nc2ccc(C)c(C)c2)s1. The van der Waals surface area contributed by atoms with Gasteiger partial charge in [0, 0.05) is 5.69 Å². The third kappa shape index (κ3) is 6.40. The van der Waals surface area contributed by atoms with Crippen molar-refractivity contribution in [1.29, 1.82) is 0 Å². The number of Topliss-reactive ketones (excluding diaryl/α,β-unsaturated/α-hetero) is 1. The molecule has 0 spiro atoms. The molecule has 0 bridgehead atoms. The predicted octanol–water partition coefficient (Wildman–Crippen LogP) is 4.31. The Bertz CT molecular complexity index is 1020. The van der Waals surface area contributed by atoms with Crippen LogP contribution in [0.25, 0.3) is 0 Å². The first-order chi connectivity index (χ1) is 14.4. The first kappa shape index (κ1) is 22.0. The van der Waals surface area contributed by atoms with Crippen molar-refractivity contribution in [2.24, 2.45) is 0 Å². The van der Waals surface area contributed by atoms with E-state index in [1.807, 2.05) is 36.4 Å². The molecule has 156 valence electrons. The Balaban J connectivity index is 1.51. The number of rotatable bonds is 9. The number of hydrogen-bond acceptors (Lipinski definition) is 7. The number of nitrogens with one attached hydrogen (secondary N) is 2. The molecular weight excluding hydrogens is 416 g/mol. The normalized spacial score (nSPS) is 11.7. The van der Waals surface area contributed by atoms with E-state index < -0.39 is 6.04 Å². The van der Waals surface area contributed by atoms with E-state index in [0.717, 1.165) is 11.3 Å². The third-order valence-corrected chi connectivity index (χ3v) is 6.57. The van der Waals surface area contributed by atoms with E-state index in [4.69, 9.17) is 0 Å². The Morgan fingerprint density at radius 2 is 1.83 bits per heavy atom. The van der Waals surface area contributed by atoms with Crippen LogP contribution in [0.15, 0.2) is 52.9 Å². The van der Waals surface area contributed by atoms with Crippen LogP contribution in [-0.2, 0) is 16.0 Å². The zero-order valence-corrected chi connectivity index (χ0v) is 18.8. The number of amides is 1. The fourth-order valence-corrected chi connectivity index (χ4v) is 4.35. The third-order valence-electron chi connectivity index (χ3n) is 4.60. The second kappa shape index (κ2) is 10.4. The van der Waals surface area contributed by atoms with Gasteiger partial charge in [0.1, 0.15) is 0 Å². The average molecular weight is 441 g/mol. The summed E-state index contributed by atoms with van der Waals surface area (Å²) in [5, 5.41) is 15.0. The smallest absolute Gasteiger partial charge is 0.231 e. The number of benzene rings is 2. The number of anilines is 2. The molecule has 30 heavy (non-hydrogen) atoms. The molecule has 1 amide bonds. The maximum absolute atomic E-state index is 12.3. The van der Waals surface area contributed by atoms with Crippen LogP contribution in [0.4, 0.5) is 10.8 Å². The standard InChI is InChI=1S/C22H24N4O2S2/c1-14-9-10-18(11-15(14)2)23-21-25-26-22(30-21)29-13-20(28)24-19(16(3)27)12-17-7-5-4-6-8-17/h4-11,19H,12-13H2,1-3H3,(H,23,25)(H,24,28)/t19-/m1/s1. The number of carbonyl (C=O) groups is 2. The molecule has 0 aliphatic heterocycles. The van der Waals surface area contributed by atoms with Crippen LogP contribution in [-0.4, -0.2) is 33.7 Å². The zero-order chi connectivity index (χ0) is 21.5. The van der Waals surface area contributed by atoms with E-state index in [2.05, 4.69) is 46.8 Å². The first-order valence-electron chi connectivity index (χ1n) is 9.55. The Labute approximate surface area is 184 Å². The number of aryl methyl sites for hydroxylation is 2. The van der Waals surface area contributed by atoms with Crippen LogP contribution in [0.3, 0.4) is 0 Å². The van der Waals surface area contributed by atoms with E-state index in [0.29, 0.717) is 15.9 Å². The Kier molecular flexibility index (Phi) is 7.59. The summed E-state index contributed by atoms with van der Waals surface area (Å²) in [6.45, 7) is 5.63. The minimum absolute atomic E-state index is 0.0620. The van der Waals surface area contributed by atoms with E-state index in [-0.39, 0.29) is 17.4 Å². The fraction of sp³-hybridized carbons (Fsp3) is 0.273. The topological polar surface area (TPSA) is 84.0 Å². The molecule has 1 aromatic heterocycles. The van der Waals surface area contributed by atoms with Crippen LogP contribution in [0, 0.1) is 13.8 Å². The van der Waals surface area contributed by atoms with Gasteiger partial charge in [0.15, 0.2) is 10.1 Å². The van der Waals surface area contributed by atoms with Gasteiger partial charge in [-0.3, -0.25) is 9.59 Å². The van der Waals surface area contributed by atoms with Crippen LogP contribution < -0.4 is 10.6 Å². The molecule has 3 aromatic rings. The van der Waals surface area contributed by atoms with Crippen molar-refractivity contribution >= 4 is 45.6 Å². The van der Waals surface area contributed by atoms with Gasteiger partial charge in [-0.05, 0) is 56.0 Å². The van der Waals surface area contributed by atoms with Crippen LogP contribution >= 0.6 is 23.1 Å². The van der Waals surface area contributed by atoms with Gasteiger partial charge < -0.3 is 10.6 Å². The second-order valence-corrected chi connectivity index (χ2v) is 9.21. The number of ketones is 1. The van der Waals surface area contributed by atoms with Gasteiger partial charge in [-0.15, -0.1) is 10.2 Å². The molecule has 0 radical (unpaired) electrons. The lowest BCUT2D eigenvalue weighted by Gasteiger charge is -2.15. The molecular formula is C22H24N4O2S2. The molecule has 1 atom stereocenters. The lowest BCUT2D eigenvalue weighted by molar-refractivity contribution is -0.125. The van der Waals surface area contributed by atoms with Gasteiger partial charge in [-0.25, -0.2) is 0 Å². The maximum atomic E-state index is 12.3. The van der Waals surface area contributed by atoms with E-state index in [1.165, 1.54) is 41.1 Å². The van der Waals surface area contributed by atoms with E-state index in [9.17, 15) is 9.59 Å². The van der Waals surface area contributed by atoms with Crippen molar-refractivity contribution in [2.45, 2.75) is 37.6 Å². The highest BCUT2D eigenvalue weighted by atomic mass is 32.2. The van der Waals surface area contributed by atoms with Crippen molar-refractivity contribution in [3.63, 3.8) is 0 Å². The number of hydrogen-bond donors (Lipinski definition) is 2. The number of thioether (sulfide) groups is 1. The maximum Gasteiger partial charge on any atom is 0.231 e. The summed E-state index contributed by atoms with van der Waals surface area (Å²) in [5.41, 5.74) is 4.40. The number of nitrogens with zero attached hydrogens (tertiary/aromatic N) is 2. The van der Waals surface area contributed by atoms with Gasteiger partial charge >= 0.3 is 0 Å². The quantitative estimate of drug-likeness (QED) is 0.483. The lowest BCUT2D eigenvalue weighted by Crippen LogP contribution is -2.42. The summed E-state index contributed by atoms with van der Waals surface area (Å²) >= 11 is 2.70. The van der Waals surface area contributed by atoms with Gasteiger partial charge in [-0.1, -0.05) is 59.5 Å². The molecule has 2 N–H and O–H groups in total. The minimum Gasteiger partial charge on any atom is -0.345 e. The van der Waals surface area contributed by atoms with Crippen molar-refractivity contribution in [2.75, 3.05) is 11.1 Å². The monoisotopic (exact) mass is 440 g/mol. The zero-order valence-electron chi connectivity index (χ0n) is 17.1. The summed E-state index contributed by atoms with van der Waals surface area (Å²) in [6.07, 6.45) is 0.482. The van der Waals surface area contributed by atoms with Crippen molar-refractivity contribution < 1.29 is 9.59 Å². The number of carbonyl (C=O) groups excluding carboxylic acids is 2. The molecule has 2 aromatic carbocycles. The molecule has 0 fully saturated rings. The van der Waals surface area contributed by atoms with Crippen molar-refractivity contribution in [1.82, 2.24) is 15.5 Å². The summed E-state index contributed by atoms with van der Waals surface area (Å²) in [6, 6.07) is 15.2. The lowest BCUT2D eigenvalue weighted by atomic mass is 10.0. The molecule has 0 aliphatic carbocycles. The van der Waals surface area contributed by atoms with E-state index in [1.54, 1.807) is 0 Å². The molecule has 1 heterocycles. The van der Waals surface area contributed by atoms with Crippen molar-refractivity contribution in [3.8, 4) is 0 Å². The average Bonchev–Trinajstić information content (AvgIpc) is 3.17. The minimum atomic E-state index is -0.531. The fourth-order valence-electron chi connectivity index (χ4n) is 2.77. The summed E-state index contributed by atoms with van der Waals surface area (Å²) in [7, 11) is 0. The van der Waals surface area contributed by atoms with Crippen LogP contribution in [0.5, 0.6) is 0 Å². The van der Waals surface area contributed by atoms with E-state index >= 15 is 0 Å². The molecule has 8 heteroatoms. The summed E-state index contributed by atoms with van der Waals surface area (Å²) < 4.78 is 0.693. The van der Waals surface area contributed by atoms with Gasteiger partial charge in [0.2, 0.25) is 11.0 Å². The molecule has 3 rings (SSSR count). The van der Waals surface area contributed by atoms with Crippen LogP contribution in [0.1, 0.15) is 23.6 Å². The highest BCUT2D eigenvalue weighted by Crippen LogP contribution is 2.28. The predicted molar refractivity (Wildman–Crippen MR) is 123 cm³/mol. The Hall–Kier alpha value is -2.71. The van der Waals surface area contributed by atoms with Gasteiger partial charge in [-0.2, -0.15) is 0 Å². The molecule has 0 saturated carbocycles. The molecule has 0 unspecified atom stereocenters. The van der Waals surface area contributed by atoms with Gasteiger partial charge in [0.25, 0.3) is 0 Å². The highest BCUT2D eigenvalue weighted by molar-refractivity contribution is 8.01. The molecule has 6 nitrogen and oxygen atoms in total.